The van der Waals surface area contributed by atoms with Crippen molar-refractivity contribution >= 4 is 21.9 Å². The lowest BCUT2D eigenvalue weighted by Gasteiger charge is -2.11. The number of aryl methyl sites for hydroxylation is 1. The van der Waals surface area contributed by atoms with Crippen LogP contribution in [0.1, 0.15) is 16.1 Å². The lowest BCUT2D eigenvalue weighted by molar-refractivity contribution is 0.0599. The Kier molecular flexibility index (Phi) is 4.52. The molecule has 1 aromatic carbocycles. The highest BCUT2D eigenvalue weighted by molar-refractivity contribution is 9.10. The van der Waals surface area contributed by atoms with Crippen LogP contribution in [0.15, 0.2) is 21.1 Å². The van der Waals surface area contributed by atoms with Crippen molar-refractivity contribution in [2.45, 2.75) is 6.92 Å². The number of rotatable bonds is 4. The Morgan fingerprint density at radius 2 is 1.81 bits per heavy atom. The predicted octanol–water partition coefficient (Wildman–Crippen LogP) is 3.22. The molecule has 0 aliphatic heterocycles. The number of benzene rings is 1. The number of methoxy groups -OCH3 is 3. The van der Waals surface area contributed by atoms with Gasteiger partial charge in [-0.25, -0.2) is 4.79 Å². The van der Waals surface area contributed by atoms with Crippen LogP contribution in [0.5, 0.6) is 11.5 Å². The number of esters is 1. The van der Waals surface area contributed by atoms with Crippen molar-refractivity contribution in [3.05, 3.63) is 27.9 Å². The molecule has 0 atom stereocenters. The van der Waals surface area contributed by atoms with Crippen molar-refractivity contribution in [2.24, 2.45) is 0 Å². The molecule has 0 unspecified atom stereocenters. The molecule has 7 heteroatoms. The zero-order chi connectivity index (χ0) is 15.6. The summed E-state index contributed by atoms with van der Waals surface area (Å²) in [6.45, 7) is 1.65. The molecule has 0 saturated carbocycles. The fourth-order valence-electron chi connectivity index (χ4n) is 1.93. The Bertz CT molecular complexity index is 680. The fourth-order valence-corrected chi connectivity index (χ4v) is 2.44. The number of ether oxygens (including phenoxy) is 3. The van der Waals surface area contributed by atoms with Gasteiger partial charge in [-0.15, -0.1) is 0 Å². The summed E-state index contributed by atoms with van der Waals surface area (Å²) in [5, 5.41) is 3.94. The SMILES string of the molecule is COC(=O)c1c(-c2cc(OC)c(OC)cc2Br)noc1C. The lowest BCUT2D eigenvalue weighted by Crippen LogP contribution is -2.04. The van der Waals surface area contributed by atoms with Gasteiger partial charge in [0.25, 0.3) is 0 Å². The van der Waals surface area contributed by atoms with E-state index in [0.29, 0.717) is 33.0 Å². The van der Waals surface area contributed by atoms with Crippen molar-refractivity contribution in [3.8, 4) is 22.8 Å². The fraction of sp³-hybridized carbons (Fsp3) is 0.286. The van der Waals surface area contributed by atoms with Gasteiger partial charge in [0.15, 0.2) is 11.5 Å². The first-order chi connectivity index (χ1) is 10.0. The van der Waals surface area contributed by atoms with Gasteiger partial charge in [-0.2, -0.15) is 0 Å². The first-order valence-electron chi connectivity index (χ1n) is 6.00. The second-order valence-corrected chi connectivity index (χ2v) is 5.00. The van der Waals surface area contributed by atoms with Crippen LogP contribution in [0.4, 0.5) is 0 Å². The van der Waals surface area contributed by atoms with E-state index in [1.807, 2.05) is 0 Å². The number of hydrogen-bond donors (Lipinski definition) is 0. The Morgan fingerprint density at radius 1 is 1.19 bits per heavy atom. The molecule has 21 heavy (non-hydrogen) atoms. The van der Waals surface area contributed by atoms with Gasteiger partial charge < -0.3 is 18.7 Å². The van der Waals surface area contributed by atoms with Gasteiger partial charge in [-0.3, -0.25) is 0 Å². The molecule has 112 valence electrons. The van der Waals surface area contributed by atoms with Gasteiger partial charge in [-0.1, -0.05) is 5.16 Å². The van der Waals surface area contributed by atoms with Crippen LogP contribution in [0.2, 0.25) is 0 Å². The van der Waals surface area contributed by atoms with E-state index in [-0.39, 0.29) is 5.56 Å². The summed E-state index contributed by atoms with van der Waals surface area (Å²) in [6.07, 6.45) is 0. The highest BCUT2D eigenvalue weighted by Gasteiger charge is 2.24. The van der Waals surface area contributed by atoms with E-state index in [4.69, 9.17) is 18.7 Å². The van der Waals surface area contributed by atoms with Crippen molar-refractivity contribution in [1.29, 1.82) is 0 Å². The van der Waals surface area contributed by atoms with E-state index in [1.54, 1.807) is 26.2 Å². The van der Waals surface area contributed by atoms with Crippen molar-refractivity contribution < 1.29 is 23.5 Å². The third kappa shape index (κ3) is 2.73. The normalized spacial score (nSPS) is 10.3. The van der Waals surface area contributed by atoms with Gasteiger partial charge in [-0.05, 0) is 35.0 Å². The minimum Gasteiger partial charge on any atom is -0.493 e. The zero-order valence-electron chi connectivity index (χ0n) is 12.0. The van der Waals surface area contributed by atoms with Crippen LogP contribution in [0, 0.1) is 6.92 Å². The highest BCUT2D eigenvalue weighted by Crippen LogP contribution is 2.39. The van der Waals surface area contributed by atoms with E-state index in [1.165, 1.54) is 14.2 Å². The van der Waals surface area contributed by atoms with Crippen molar-refractivity contribution in [3.63, 3.8) is 0 Å². The molecule has 0 bridgehead atoms. The van der Waals surface area contributed by atoms with Crippen LogP contribution >= 0.6 is 15.9 Å². The molecule has 0 spiro atoms. The zero-order valence-corrected chi connectivity index (χ0v) is 13.6. The molecular formula is C14H14BrNO5. The summed E-state index contributed by atoms with van der Waals surface area (Å²) < 4.78 is 21.1. The lowest BCUT2D eigenvalue weighted by atomic mass is 10.1. The van der Waals surface area contributed by atoms with Crippen molar-refractivity contribution in [1.82, 2.24) is 5.16 Å². The molecule has 0 radical (unpaired) electrons. The van der Waals surface area contributed by atoms with Crippen LogP contribution in [-0.2, 0) is 4.74 Å². The largest absolute Gasteiger partial charge is 0.493 e. The molecular weight excluding hydrogens is 342 g/mol. The number of aromatic nitrogens is 1. The van der Waals surface area contributed by atoms with Gasteiger partial charge in [0.05, 0.1) is 21.3 Å². The second kappa shape index (κ2) is 6.17. The molecule has 0 fully saturated rings. The first kappa shape index (κ1) is 15.4. The molecule has 2 aromatic rings. The number of carbonyl (C=O) groups excluding carboxylic acids is 1. The third-order valence-corrected chi connectivity index (χ3v) is 3.64. The molecule has 0 amide bonds. The van der Waals surface area contributed by atoms with Gasteiger partial charge in [0, 0.05) is 10.0 Å². The highest BCUT2D eigenvalue weighted by atomic mass is 79.9. The minimum atomic E-state index is -0.509. The van der Waals surface area contributed by atoms with E-state index < -0.39 is 5.97 Å². The third-order valence-electron chi connectivity index (χ3n) is 2.98. The van der Waals surface area contributed by atoms with E-state index >= 15 is 0 Å². The summed E-state index contributed by atoms with van der Waals surface area (Å²) >= 11 is 3.43. The van der Waals surface area contributed by atoms with Crippen LogP contribution in [0.25, 0.3) is 11.3 Å². The van der Waals surface area contributed by atoms with Crippen LogP contribution in [0.3, 0.4) is 0 Å². The predicted molar refractivity (Wildman–Crippen MR) is 78.8 cm³/mol. The van der Waals surface area contributed by atoms with Gasteiger partial charge >= 0.3 is 5.97 Å². The van der Waals surface area contributed by atoms with E-state index in [9.17, 15) is 4.79 Å². The number of hydrogen-bond acceptors (Lipinski definition) is 6. The maximum Gasteiger partial charge on any atom is 0.343 e. The standard InChI is InChI=1S/C14H14BrNO5/c1-7-12(14(17)20-4)13(16-21-7)8-5-10(18-2)11(19-3)6-9(8)15/h5-6H,1-4H3. The molecule has 0 saturated heterocycles. The summed E-state index contributed by atoms with van der Waals surface area (Å²) in [5.41, 5.74) is 1.31. The topological polar surface area (TPSA) is 70.8 Å². The maximum atomic E-state index is 11.9. The van der Waals surface area contributed by atoms with E-state index in [2.05, 4.69) is 21.1 Å². The number of nitrogens with zero attached hydrogens (tertiary/aromatic N) is 1. The van der Waals surface area contributed by atoms with Gasteiger partial charge in [0.2, 0.25) is 0 Å². The number of carbonyl (C=O) groups is 1. The van der Waals surface area contributed by atoms with Crippen molar-refractivity contribution in [2.75, 3.05) is 21.3 Å². The molecule has 0 N–H and O–H groups in total. The molecule has 2 rings (SSSR count). The summed E-state index contributed by atoms with van der Waals surface area (Å²) in [7, 11) is 4.39. The van der Waals surface area contributed by atoms with Gasteiger partial charge in [0.1, 0.15) is 17.0 Å². The molecule has 1 heterocycles. The first-order valence-corrected chi connectivity index (χ1v) is 6.79. The Morgan fingerprint density at radius 3 is 2.38 bits per heavy atom. The minimum absolute atomic E-state index is 0.283. The van der Waals surface area contributed by atoms with Crippen LogP contribution < -0.4 is 9.47 Å². The smallest absolute Gasteiger partial charge is 0.343 e. The maximum absolute atomic E-state index is 11.9. The Labute approximate surface area is 130 Å². The second-order valence-electron chi connectivity index (χ2n) is 4.14. The summed E-state index contributed by atoms with van der Waals surface area (Å²) in [5.74, 6) is 0.962. The summed E-state index contributed by atoms with van der Waals surface area (Å²) in [6, 6.07) is 3.45. The van der Waals surface area contributed by atoms with Crippen LogP contribution in [-0.4, -0.2) is 32.5 Å². The number of halogens is 1. The molecule has 6 nitrogen and oxygen atoms in total. The molecule has 0 aliphatic carbocycles. The average Bonchev–Trinajstić information content (AvgIpc) is 2.87. The average molecular weight is 356 g/mol. The van der Waals surface area contributed by atoms with E-state index in [0.717, 1.165) is 0 Å². The molecule has 0 aliphatic rings. The summed E-state index contributed by atoms with van der Waals surface area (Å²) in [4.78, 5) is 11.9. The Balaban J connectivity index is 2.65. The Hall–Kier alpha value is -2.02. The monoisotopic (exact) mass is 355 g/mol. The quantitative estimate of drug-likeness (QED) is 0.784. The molecule has 1 aromatic heterocycles.